The van der Waals surface area contributed by atoms with Crippen LogP contribution in [-0.2, 0) is 27.1 Å². The van der Waals surface area contributed by atoms with E-state index in [1.807, 2.05) is 12.1 Å². The Balaban J connectivity index is 2.90. The van der Waals surface area contributed by atoms with E-state index in [4.69, 9.17) is 15.6 Å². The van der Waals surface area contributed by atoms with Crippen molar-refractivity contribution in [3.63, 3.8) is 0 Å². The third kappa shape index (κ3) is 4.84. The summed E-state index contributed by atoms with van der Waals surface area (Å²) < 4.78 is 30.9. The van der Waals surface area contributed by atoms with Gasteiger partial charge in [-0.15, -0.1) is 0 Å². The first-order chi connectivity index (χ1) is 9.55. The molecule has 0 saturated heterocycles. The molecule has 6 nitrogen and oxygen atoms in total. The van der Waals surface area contributed by atoms with Crippen molar-refractivity contribution < 1.29 is 18.3 Å². The molecule has 0 spiro atoms. The zero-order valence-electron chi connectivity index (χ0n) is 11.7. The molecule has 0 aromatic heterocycles. The second-order valence-corrected chi connectivity index (χ2v) is 6.31. The molecule has 0 fully saturated rings. The van der Waals surface area contributed by atoms with Gasteiger partial charge in [0.15, 0.2) is 0 Å². The van der Waals surface area contributed by atoms with Gasteiger partial charge in [-0.1, -0.05) is 24.3 Å². The number of nitrogens with zero attached hydrogens (tertiary/aromatic N) is 1. The number of rotatable bonds is 9. The van der Waals surface area contributed by atoms with E-state index >= 15 is 0 Å². The number of hydrogen-bond donors (Lipinski definition) is 2. The van der Waals surface area contributed by atoms with Crippen LogP contribution in [0.4, 0.5) is 0 Å². The summed E-state index contributed by atoms with van der Waals surface area (Å²) in [6.45, 7) is 0.656. The fraction of sp³-hybridized carbons (Fsp3) is 0.538. The predicted octanol–water partition coefficient (Wildman–Crippen LogP) is -0.0842. The summed E-state index contributed by atoms with van der Waals surface area (Å²) in [5.74, 6) is -0.121. The SMILES string of the molecule is COCCN(CCO)S(=O)(=O)Cc1ccccc1CN. The largest absolute Gasteiger partial charge is 0.395 e. The third-order valence-electron chi connectivity index (χ3n) is 2.96. The van der Waals surface area contributed by atoms with Crippen molar-refractivity contribution in [3.05, 3.63) is 35.4 Å². The number of methoxy groups -OCH3 is 1. The number of nitrogens with two attached hydrogens (primary N) is 1. The topological polar surface area (TPSA) is 92.9 Å². The van der Waals surface area contributed by atoms with E-state index in [1.165, 1.54) is 11.4 Å². The van der Waals surface area contributed by atoms with Crippen LogP contribution < -0.4 is 5.73 Å². The van der Waals surface area contributed by atoms with Gasteiger partial charge in [-0.3, -0.25) is 0 Å². The van der Waals surface area contributed by atoms with Crippen molar-refractivity contribution in [1.29, 1.82) is 0 Å². The van der Waals surface area contributed by atoms with Crippen molar-refractivity contribution >= 4 is 10.0 Å². The molecule has 0 aliphatic heterocycles. The molecule has 7 heteroatoms. The minimum absolute atomic E-state index is 0.0660. The van der Waals surface area contributed by atoms with Crippen LogP contribution in [0.5, 0.6) is 0 Å². The maximum atomic E-state index is 12.4. The quantitative estimate of drug-likeness (QED) is 0.665. The Bertz CT molecular complexity index is 505. The first-order valence-corrected chi connectivity index (χ1v) is 8.00. The zero-order valence-corrected chi connectivity index (χ0v) is 12.5. The Hall–Kier alpha value is -0.990. The third-order valence-corrected chi connectivity index (χ3v) is 4.79. The number of benzene rings is 1. The van der Waals surface area contributed by atoms with Crippen molar-refractivity contribution in [2.75, 3.05) is 33.4 Å². The maximum Gasteiger partial charge on any atom is 0.218 e. The molecule has 0 aliphatic carbocycles. The summed E-state index contributed by atoms with van der Waals surface area (Å²) in [5.41, 5.74) is 7.12. The summed E-state index contributed by atoms with van der Waals surface area (Å²) in [5, 5.41) is 9.00. The van der Waals surface area contributed by atoms with Crippen LogP contribution in [0.2, 0.25) is 0 Å². The lowest BCUT2D eigenvalue weighted by Crippen LogP contribution is -2.37. The van der Waals surface area contributed by atoms with Gasteiger partial charge in [-0.2, -0.15) is 4.31 Å². The Morgan fingerprint density at radius 3 is 2.45 bits per heavy atom. The molecular formula is C13H22N2O4S. The van der Waals surface area contributed by atoms with Gasteiger partial charge in [0.1, 0.15) is 0 Å². The summed E-state index contributed by atoms with van der Waals surface area (Å²) in [7, 11) is -2.00. The summed E-state index contributed by atoms with van der Waals surface area (Å²) >= 11 is 0. The van der Waals surface area contributed by atoms with E-state index < -0.39 is 10.0 Å². The Labute approximate surface area is 120 Å². The van der Waals surface area contributed by atoms with E-state index in [0.29, 0.717) is 12.1 Å². The molecule has 0 amide bonds. The minimum Gasteiger partial charge on any atom is -0.395 e. The van der Waals surface area contributed by atoms with Crippen molar-refractivity contribution in [2.45, 2.75) is 12.3 Å². The van der Waals surface area contributed by atoms with Gasteiger partial charge in [0.05, 0.1) is 19.0 Å². The van der Waals surface area contributed by atoms with Gasteiger partial charge in [0.2, 0.25) is 10.0 Å². The van der Waals surface area contributed by atoms with Gasteiger partial charge >= 0.3 is 0 Å². The standard InChI is InChI=1S/C13H22N2O4S/c1-19-9-7-15(6-8-16)20(17,18)11-13-5-3-2-4-12(13)10-14/h2-5,16H,6-11,14H2,1H3. The normalized spacial score (nSPS) is 12.0. The fourth-order valence-corrected chi connectivity index (χ4v) is 3.45. The molecule has 1 rings (SSSR count). The lowest BCUT2D eigenvalue weighted by molar-refractivity contribution is 0.168. The molecule has 0 atom stereocenters. The van der Waals surface area contributed by atoms with Crippen LogP contribution in [-0.4, -0.2) is 51.2 Å². The van der Waals surface area contributed by atoms with Gasteiger partial charge < -0.3 is 15.6 Å². The molecule has 20 heavy (non-hydrogen) atoms. The van der Waals surface area contributed by atoms with Crippen LogP contribution in [0, 0.1) is 0 Å². The Morgan fingerprint density at radius 1 is 1.25 bits per heavy atom. The Morgan fingerprint density at radius 2 is 1.90 bits per heavy atom. The lowest BCUT2D eigenvalue weighted by Gasteiger charge is -2.21. The van der Waals surface area contributed by atoms with Gasteiger partial charge in [0, 0.05) is 26.7 Å². The highest BCUT2D eigenvalue weighted by Crippen LogP contribution is 2.15. The predicted molar refractivity (Wildman–Crippen MR) is 77.5 cm³/mol. The molecule has 0 aliphatic rings. The van der Waals surface area contributed by atoms with E-state index in [2.05, 4.69) is 0 Å². The second-order valence-electron chi connectivity index (χ2n) is 4.34. The lowest BCUT2D eigenvalue weighted by atomic mass is 10.1. The highest BCUT2D eigenvalue weighted by atomic mass is 32.2. The number of aliphatic hydroxyl groups excluding tert-OH is 1. The van der Waals surface area contributed by atoms with Crippen LogP contribution >= 0.6 is 0 Å². The Kier molecular flexibility index (Phi) is 7.11. The van der Waals surface area contributed by atoms with Gasteiger partial charge in [-0.25, -0.2) is 8.42 Å². The van der Waals surface area contributed by atoms with Crippen LogP contribution in [0.3, 0.4) is 0 Å². The molecular weight excluding hydrogens is 280 g/mol. The molecule has 0 unspecified atom stereocenters. The number of aliphatic hydroxyl groups is 1. The number of ether oxygens (including phenoxy) is 1. The summed E-state index contributed by atoms with van der Waals surface area (Å²) in [6.07, 6.45) is 0. The smallest absolute Gasteiger partial charge is 0.218 e. The summed E-state index contributed by atoms with van der Waals surface area (Å²) in [4.78, 5) is 0. The van der Waals surface area contributed by atoms with E-state index in [1.54, 1.807) is 12.1 Å². The van der Waals surface area contributed by atoms with Crippen molar-refractivity contribution in [3.8, 4) is 0 Å². The molecule has 0 bridgehead atoms. The van der Waals surface area contributed by atoms with Crippen molar-refractivity contribution in [1.82, 2.24) is 4.31 Å². The van der Waals surface area contributed by atoms with Gasteiger partial charge in [-0.05, 0) is 11.1 Å². The second kappa shape index (κ2) is 8.33. The van der Waals surface area contributed by atoms with Crippen LogP contribution in [0.25, 0.3) is 0 Å². The van der Waals surface area contributed by atoms with Crippen LogP contribution in [0.15, 0.2) is 24.3 Å². The summed E-state index contributed by atoms with van der Waals surface area (Å²) in [6, 6.07) is 7.19. The van der Waals surface area contributed by atoms with Crippen LogP contribution in [0.1, 0.15) is 11.1 Å². The monoisotopic (exact) mass is 302 g/mol. The maximum absolute atomic E-state index is 12.4. The molecule has 1 aromatic rings. The molecule has 0 heterocycles. The molecule has 3 N–H and O–H groups in total. The van der Waals surface area contributed by atoms with E-state index in [-0.39, 0.29) is 32.1 Å². The number of hydrogen-bond acceptors (Lipinski definition) is 5. The average molecular weight is 302 g/mol. The van der Waals surface area contributed by atoms with Crippen molar-refractivity contribution in [2.24, 2.45) is 5.73 Å². The van der Waals surface area contributed by atoms with Gasteiger partial charge in [0.25, 0.3) is 0 Å². The molecule has 0 saturated carbocycles. The fourth-order valence-electron chi connectivity index (χ4n) is 1.88. The molecule has 0 radical (unpaired) electrons. The first-order valence-electron chi connectivity index (χ1n) is 6.39. The first kappa shape index (κ1) is 17.1. The minimum atomic E-state index is -3.50. The highest BCUT2D eigenvalue weighted by Gasteiger charge is 2.22. The average Bonchev–Trinajstić information content (AvgIpc) is 2.43. The van der Waals surface area contributed by atoms with E-state index in [9.17, 15) is 8.42 Å². The number of sulfonamides is 1. The zero-order chi connectivity index (χ0) is 15.0. The molecule has 1 aromatic carbocycles. The molecule has 114 valence electrons. The van der Waals surface area contributed by atoms with E-state index in [0.717, 1.165) is 5.56 Å². The highest BCUT2D eigenvalue weighted by molar-refractivity contribution is 7.88.